The van der Waals surface area contributed by atoms with Crippen molar-refractivity contribution in [3.05, 3.63) is 59.7 Å². The van der Waals surface area contributed by atoms with Crippen molar-refractivity contribution in [2.24, 2.45) is 10.3 Å². The third-order valence-corrected chi connectivity index (χ3v) is 5.20. The Balaban J connectivity index is 2.03. The van der Waals surface area contributed by atoms with E-state index in [4.69, 9.17) is 0 Å². The van der Waals surface area contributed by atoms with Gasteiger partial charge in [0.2, 0.25) is 0 Å². The number of benzene rings is 1. The van der Waals surface area contributed by atoms with Crippen molar-refractivity contribution in [1.29, 1.82) is 0 Å². The van der Waals surface area contributed by atoms with Crippen LogP contribution in [0.4, 0.5) is 8.78 Å². The number of pyridine rings is 1. The van der Waals surface area contributed by atoms with Crippen LogP contribution in [-0.2, 0) is 22.5 Å². The fourth-order valence-corrected chi connectivity index (χ4v) is 3.43. The molecule has 1 aliphatic carbocycles. The van der Waals surface area contributed by atoms with Gasteiger partial charge < -0.3 is 4.57 Å². The van der Waals surface area contributed by atoms with Crippen molar-refractivity contribution in [3.8, 4) is 0 Å². The molecule has 1 saturated carbocycles. The molecule has 0 aliphatic heterocycles. The summed E-state index contributed by atoms with van der Waals surface area (Å²) in [7, 11) is -4.06. The van der Waals surface area contributed by atoms with E-state index in [1.165, 1.54) is 18.2 Å². The van der Waals surface area contributed by atoms with Crippen molar-refractivity contribution >= 4 is 10.0 Å². The maximum Gasteiger partial charge on any atom is 0.284 e. The molecule has 1 heterocycles. The molecule has 0 atom stereocenters. The van der Waals surface area contributed by atoms with Crippen LogP contribution in [0.5, 0.6) is 0 Å². The summed E-state index contributed by atoms with van der Waals surface area (Å²) in [5.41, 5.74) is -0.0456. The fourth-order valence-electron chi connectivity index (χ4n) is 2.39. The second-order valence-electron chi connectivity index (χ2n) is 6.14. The number of halogens is 2. The Bertz CT molecular complexity index is 910. The minimum atomic E-state index is -4.06. The van der Waals surface area contributed by atoms with E-state index in [1.54, 1.807) is 22.9 Å². The normalized spacial score (nSPS) is 16.4. The van der Waals surface area contributed by atoms with Crippen LogP contribution in [0.15, 0.2) is 58.0 Å². The molecular formula is C17H18F2N2O2S. The van der Waals surface area contributed by atoms with E-state index in [2.05, 4.69) is 4.40 Å². The molecule has 0 N–H and O–H groups in total. The maximum atomic E-state index is 13.4. The van der Waals surface area contributed by atoms with Gasteiger partial charge in [-0.05, 0) is 43.0 Å². The zero-order chi connectivity index (χ0) is 17.4. The molecule has 0 spiro atoms. The van der Waals surface area contributed by atoms with Crippen LogP contribution in [0.25, 0.3) is 0 Å². The van der Waals surface area contributed by atoms with Gasteiger partial charge in [-0.1, -0.05) is 18.2 Å². The minimum Gasteiger partial charge on any atom is -0.332 e. The molecule has 1 aromatic carbocycles. The minimum absolute atomic E-state index is 0.233. The summed E-state index contributed by atoms with van der Waals surface area (Å²) in [5.74, 6) is -2.55. The topological polar surface area (TPSA) is 51.4 Å². The number of sulfonamides is 1. The van der Waals surface area contributed by atoms with Gasteiger partial charge in [0.05, 0.1) is 4.90 Å². The number of alkyl halides is 2. The van der Waals surface area contributed by atoms with Crippen molar-refractivity contribution in [2.45, 2.75) is 37.1 Å². The first-order valence-corrected chi connectivity index (χ1v) is 9.14. The number of rotatable bonds is 5. The Morgan fingerprint density at radius 3 is 2.62 bits per heavy atom. The summed E-state index contributed by atoms with van der Waals surface area (Å²) in [4.78, 5) is -0.233. The van der Waals surface area contributed by atoms with Crippen molar-refractivity contribution in [3.63, 3.8) is 0 Å². The number of hydrogen-bond donors (Lipinski definition) is 0. The molecule has 4 nitrogen and oxygen atoms in total. The standard InChI is InChI=1S/C17H18F2N2O2S/c1-17(18,19)14-5-4-6-15(11-14)24(22,23)20-16-7-2-3-10-21(16)12-13-8-9-13/h2-7,10-11,13H,8-9,12H2,1H3. The SMILES string of the molecule is CC(F)(F)c1cccc(S(=O)(=O)N=c2ccccn2CC2CC2)c1. The summed E-state index contributed by atoms with van der Waals surface area (Å²) in [5, 5.41) is 0. The molecule has 0 saturated heterocycles. The molecule has 2 aromatic rings. The summed E-state index contributed by atoms with van der Waals surface area (Å²) >= 11 is 0. The van der Waals surface area contributed by atoms with E-state index in [-0.39, 0.29) is 10.5 Å². The Morgan fingerprint density at radius 2 is 1.96 bits per heavy atom. The summed E-state index contributed by atoms with van der Waals surface area (Å²) in [6.45, 7) is 1.44. The highest BCUT2D eigenvalue weighted by molar-refractivity contribution is 7.90. The van der Waals surface area contributed by atoms with Crippen LogP contribution < -0.4 is 5.49 Å². The number of nitrogens with zero attached hydrogens (tertiary/aromatic N) is 2. The first-order chi connectivity index (χ1) is 11.3. The number of aromatic nitrogens is 1. The molecule has 0 amide bonds. The predicted molar refractivity (Wildman–Crippen MR) is 85.9 cm³/mol. The van der Waals surface area contributed by atoms with E-state index >= 15 is 0 Å². The summed E-state index contributed by atoms with van der Waals surface area (Å²) in [6, 6.07) is 9.89. The molecule has 1 aromatic heterocycles. The van der Waals surface area contributed by atoms with Gasteiger partial charge in [0.25, 0.3) is 15.9 Å². The Kier molecular flexibility index (Phi) is 4.29. The van der Waals surface area contributed by atoms with Gasteiger partial charge in [-0.15, -0.1) is 4.40 Å². The van der Waals surface area contributed by atoms with Crippen LogP contribution >= 0.6 is 0 Å². The van der Waals surface area contributed by atoms with Crippen LogP contribution in [0, 0.1) is 5.92 Å². The van der Waals surface area contributed by atoms with Crippen molar-refractivity contribution in [2.75, 3.05) is 0 Å². The number of hydrogen-bond acceptors (Lipinski definition) is 2. The second-order valence-corrected chi connectivity index (χ2v) is 7.74. The zero-order valence-corrected chi connectivity index (χ0v) is 14.0. The highest BCUT2D eigenvalue weighted by atomic mass is 32.2. The smallest absolute Gasteiger partial charge is 0.284 e. The van der Waals surface area contributed by atoms with Crippen LogP contribution in [-0.4, -0.2) is 13.0 Å². The van der Waals surface area contributed by atoms with Gasteiger partial charge in [0.1, 0.15) is 5.49 Å². The van der Waals surface area contributed by atoms with E-state index in [1.807, 2.05) is 6.07 Å². The van der Waals surface area contributed by atoms with Gasteiger partial charge in [0, 0.05) is 25.2 Å². The van der Waals surface area contributed by atoms with Crippen molar-refractivity contribution in [1.82, 2.24) is 4.57 Å². The van der Waals surface area contributed by atoms with Gasteiger partial charge in [0.15, 0.2) is 0 Å². The first-order valence-electron chi connectivity index (χ1n) is 7.70. The average Bonchev–Trinajstić information content (AvgIpc) is 3.32. The zero-order valence-electron chi connectivity index (χ0n) is 13.2. The molecule has 128 valence electrons. The third-order valence-electron chi connectivity index (χ3n) is 3.92. The van der Waals surface area contributed by atoms with E-state index in [9.17, 15) is 17.2 Å². The van der Waals surface area contributed by atoms with Crippen LogP contribution in [0.2, 0.25) is 0 Å². The first kappa shape index (κ1) is 16.8. The average molecular weight is 352 g/mol. The summed E-state index contributed by atoms with van der Waals surface area (Å²) < 4.78 is 57.5. The predicted octanol–water partition coefficient (Wildman–Crippen LogP) is 3.30. The summed E-state index contributed by atoms with van der Waals surface area (Å²) in [6.07, 6.45) is 4.03. The molecular weight excluding hydrogens is 334 g/mol. The largest absolute Gasteiger partial charge is 0.332 e. The molecule has 0 bridgehead atoms. The monoisotopic (exact) mass is 352 g/mol. The Hall–Kier alpha value is -2.02. The van der Waals surface area contributed by atoms with E-state index in [0.29, 0.717) is 18.0 Å². The van der Waals surface area contributed by atoms with Crippen LogP contribution in [0.3, 0.4) is 0 Å². The molecule has 7 heteroatoms. The Morgan fingerprint density at radius 1 is 1.21 bits per heavy atom. The lowest BCUT2D eigenvalue weighted by atomic mass is 10.1. The molecule has 1 fully saturated rings. The fraction of sp³-hybridized carbons (Fsp3) is 0.353. The molecule has 24 heavy (non-hydrogen) atoms. The lowest BCUT2D eigenvalue weighted by Gasteiger charge is -2.11. The lowest BCUT2D eigenvalue weighted by molar-refractivity contribution is 0.0172. The maximum absolute atomic E-state index is 13.4. The second kappa shape index (κ2) is 6.12. The Labute approximate surface area is 139 Å². The van der Waals surface area contributed by atoms with Gasteiger partial charge in [-0.2, -0.15) is 8.42 Å². The van der Waals surface area contributed by atoms with E-state index < -0.39 is 15.9 Å². The van der Waals surface area contributed by atoms with Crippen LogP contribution in [0.1, 0.15) is 25.3 Å². The highest BCUT2D eigenvalue weighted by Gasteiger charge is 2.26. The van der Waals surface area contributed by atoms with E-state index in [0.717, 1.165) is 25.8 Å². The molecule has 0 unspecified atom stereocenters. The third kappa shape index (κ3) is 3.90. The van der Waals surface area contributed by atoms with Gasteiger partial charge in [-0.25, -0.2) is 8.78 Å². The molecule has 1 aliphatic rings. The quantitative estimate of drug-likeness (QED) is 0.829. The highest BCUT2D eigenvalue weighted by Crippen LogP contribution is 2.30. The lowest BCUT2D eigenvalue weighted by Crippen LogP contribution is -2.22. The molecule has 0 radical (unpaired) electrons. The molecule has 3 rings (SSSR count). The van der Waals surface area contributed by atoms with Crippen molar-refractivity contribution < 1.29 is 17.2 Å². The van der Waals surface area contributed by atoms with Gasteiger partial charge >= 0.3 is 0 Å². The van der Waals surface area contributed by atoms with Gasteiger partial charge in [-0.3, -0.25) is 0 Å².